The van der Waals surface area contributed by atoms with E-state index in [-0.39, 0.29) is 18.4 Å². The van der Waals surface area contributed by atoms with Gasteiger partial charge in [-0.05, 0) is 31.7 Å². The molecule has 0 aliphatic carbocycles. The molecule has 0 aliphatic rings. The van der Waals surface area contributed by atoms with Gasteiger partial charge in [-0.3, -0.25) is 14.5 Å². The Morgan fingerprint density at radius 1 is 1.35 bits per heavy atom. The van der Waals surface area contributed by atoms with Gasteiger partial charge in [-0.2, -0.15) is 0 Å². The quantitative estimate of drug-likeness (QED) is 0.744. The van der Waals surface area contributed by atoms with Crippen LogP contribution in [0.4, 0.5) is 5.69 Å². The second-order valence-corrected chi connectivity index (χ2v) is 4.56. The third-order valence-electron chi connectivity index (χ3n) is 3.10. The summed E-state index contributed by atoms with van der Waals surface area (Å²) in [5.74, 6) is -0.559. The van der Waals surface area contributed by atoms with Gasteiger partial charge in [0.05, 0.1) is 19.7 Å². The molecule has 1 rings (SSSR count). The first-order valence-electron chi connectivity index (χ1n) is 6.35. The number of hydrogen-bond acceptors (Lipinski definition) is 5. The lowest BCUT2D eigenvalue weighted by Gasteiger charge is -2.22. The number of carbonyl (C=O) groups excluding carboxylic acids is 2. The predicted molar refractivity (Wildman–Crippen MR) is 77.1 cm³/mol. The number of ether oxygens (including phenoxy) is 1. The molecule has 1 aromatic rings. The molecule has 6 nitrogen and oxygen atoms in total. The highest BCUT2D eigenvalue weighted by atomic mass is 16.5. The van der Waals surface area contributed by atoms with E-state index in [4.69, 9.17) is 5.73 Å². The predicted octanol–water partition coefficient (Wildman–Crippen LogP) is 0.577. The number of rotatable bonds is 6. The highest BCUT2D eigenvalue weighted by Crippen LogP contribution is 2.10. The van der Waals surface area contributed by atoms with Gasteiger partial charge in [0.15, 0.2) is 0 Å². The van der Waals surface area contributed by atoms with E-state index in [2.05, 4.69) is 10.1 Å². The third kappa shape index (κ3) is 4.64. The standard InChI is InChI=1S/C14H21N3O3/c1-10(17(2)9-13(18)20-3)14(19)16-12-6-4-11(8-15)5-7-12/h4-7,10H,8-9,15H2,1-3H3,(H,16,19). The van der Waals surface area contributed by atoms with Gasteiger partial charge in [0.1, 0.15) is 0 Å². The fourth-order valence-corrected chi connectivity index (χ4v) is 1.58. The average Bonchev–Trinajstić information content (AvgIpc) is 2.46. The summed E-state index contributed by atoms with van der Waals surface area (Å²) in [6, 6.07) is 6.88. The first-order chi connectivity index (χ1) is 9.47. The Labute approximate surface area is 118 Å². The van der Waals surface area contributed by atoms with E-state index in [1.54, 1.807) is 31.0 Å². The van der Waals surface area contributed by atoms with Crippen molar-refractivity contribution in [1.82, 2.24) is 4.90 Å². The van der Waals surface area contributed by atoms with E-state index < -0.39 is 6.04 Å². The number of benzene rings is 1. The van der Waals surface area contributed by atoms with Crippen LogP contribution < -0.4 is 11.1 Å². The lowest BCUT2D eigenvalue weighted by molar-refractivity contribution is -0.142. The molecule has 1 atom stereocenters. The van der Waals surface area contributed by atoms with Gasteiger partial charge in [0.2, 0.25) is 5.91 Å². The van der Waals surface area contributed by atoms with Crippen LogP contribution in [0.3, 0.4) is 0 Å². The molecule has 1 aromatic carbocycles. The first kappa shape index (κ1) is 16.1. The van der Waals surface area contributed by atoms with Gasteiger partial charge >= 0.3 is 5.97 Å². The number of nitrogens with two attached hydrogens (primary N) is 1. The second-order valence-electron chi connectivity index (χ2n) is 4.56. The molecule has 0 aliphatic heterocycles. The minimum absolute atomic E-state index is 0.0667. The van der Waals surface area contributed by atoms with Crippen LogP contribution >= 0.6 is 0 Å². The molecular weight excluding hydrogens is 258 g/mol. The number of anilines is 1. The zero-order valence-electron chi connectivity index (χ0n) is 12.1. The summed E-state index contributed by atoms with van der Waals surface area (Å²) in [7, 11) is 3.01. The molecule has 6 heteroatoms. The van der Waals surface area contributed by atoms with E-state index in [1.165, 1.54) is 7.11 Å². The molecule has 1 unspecified atom stereocenters. The maximum Gasteiger partial charge on any atom is 0.319 e. The van der Waals surface area contributed by atoms with Crippen LogP contribution in [0.1, 0.15) is 12.5 Å². The molecule has 0 saturated heterocycles. The zero-order chi connectivity index (χ0) is 15.1. The number of methoxy groups -OCH3 is 1. The molecule has 0 fully saturated rings. The van der Waals surface area contributed by atoms with Crippen molar-refractivity contribution in [3.63, 3.8) is 0 Å². The van der Waals surface area contributed by atoms with Gasteiger partial charge in [-0.1, -0.05) is 12.1 Å². The molecule has 0 bridgehead atoms. The van der Waals surface area contributed by atoms with E-state index in [0.717, 1.165) is 5.56 Å². The Morgan fingerprint density at radius 2 is 1.95 bits per heavy atom. The van der Waals surface area contributed by atoms with Crippen LogP contribution in [0.2, 0.25) is 0 Å². The van der Waals surface area contributed by atoms with Crippen LogP contribution in [0.15, 0.2) is 24.3 Å². The van der Waals surface area contributed by atoms with Crippen LogP contribution in [0, 0.1) is 0 Å². The fraction of sp³-hybridized carbons (Fsp3) is 0.429. The normalized spacial score (nSPS) is 12.1. The number of carbonyl (C=O) groups is 2. The Bertz CT molecular complexity index is 459. The maximum atomic E-state index is 12.0. The average molecular weight is 279 g/mol. The molecule has 20 heavy (non-hydrogen) atoms. The number of nitrogens with one attached hydrogen (secondary N) is 1. The van der Waals surface area contributed by atoms with Gasteiger partial charge in [-0.25, -0.2) is 0 Å². The van der Waals surface area contributed by atoms with E-state index in [9.17, 15) is 9.59 Å². The van der Waals surface area contributed by atoms with Gasteiger partial charge < -0.3 is 15.8 Å². The molecule has 0 heterocycles. The summed E-state index contributed by atoms with van der Waals surface area (Å²) >= 11 is 0. The van der Waals surface area contributed by atoms with E-state index in [0.29, 0.717) is 12.2 Å². The monoisotopic (exact) mass is 279 g/mol. The van der Waals surface area contributed by atoms with Crippen molar-refractivity contribution in [3.05, 3.63) is 29.8 Å². The Morgan fingerprint density at radius 3 is 2.45 bits per heavy atom. The summed E-state index contributed by atoms with van der Waals surface area (Å²) in [6.07, 6.45) is 0. The molecule has 110 valence electrons. The van der Waals surface area contributed by atoms with Crippen LogP contribution in [0.25, 0.3) is 0 Å². The van der Waals surface area contributed by atoms with Gasteiger partial charge in [0, 0.05) is 12.2 Å². The lowest BCUT2D eigenvalue weighted by atomic mass is 10.2. The largest absolute Gasteiger partial charge is 0.468 e. The van der Waals surface area contributed by atoms with Crippen molar-refractivity contribution < 1.29 is 14.3 Å². The lowest BCUT2D eigenvalue weighted by Crippen LogP contribution is -2.42. The Balaban J connectivity index is 2.58. The van der Waals surface area contributed by atoms with Crippen LogP contribution in [0.5, 0.6) is 0 Å². The van der Waals surface area contributed by atoms with Gasteiger partial charge in [0.25, 0.3) is 0 Å². The van der Waals surface area contributed by atoms with Crippen LogP contribution in [-0.4, -0.2) is 43.5 Å². The van der Waals surface area contributed by atoms with Crippen molar-refractivity contribution in [3.8, 4) is 0 Å². The minimum atomic E-state index is -0.441. The topological polar surface area (TPSA) is 84.7 Å². The third-order valence-corrected chi connectivity index (χ3v) is 3.10. The molecule has 0 saturated carbocycles. The number of nitrogens with zero attached hydrogens (tertiary/aromatic N) is 1. The molecule has 0 aromatic heterocycles. The van der Waals surface area contributed by atoms with Crippen molar-refractivity contribution in [2.45, 2.75) is 19.5 Å². The SMILES string of the molecule is COC(=O)CN(C)C(C)C(=O)Nc1ccc(CN)cc1. The van der Waals surface area contributed by atoms with Crippen molar-refractivity contribution in [1.29, 1.82) is 0 Å². The minimum Gasteiger partial charge on any atom is -0.468 e. The molecule has 0 spiro atoms. The van der Waals surface area contributed by atoms with Gasteiger partial charge in [-0.15, -0.1) is 0 Å². The number of likely N-dealkylation sites (N-methyl/N-ethyl adjacent to an activating group) is 1. The summed E-state index contributed by atoms with van der Waals surface area (Å²) in [5.41, 5.74) is 7.21. The van der Waals surface area contributed by atoms with Crippen molar-refractivity contribution in [2.75, 3.05) is 26.0 Å². The number of hydrogen-bond donors (Lipinski definition) is 2. The smallest absolute Gasteiger partial charge is 0.319 e. The van der Waals surface area contributed by atoms with E-state index >= 15 is 0 Å². The van der Waals surface area contributed by atoms with Crippen molar-refractivity contribution in [2.24, 2.45) is 5.73 Å². The highest BCUT2D eigenvalue weighted by Gasteiger charge is 2.20. The second kappa shape index (κ2) is 7.62. The number of amides is 1. The molecular formula is C14H21N3O3. The molecule has 0 radical (unpaired) electrons. The zero-order valence-corrected chi connectivity index (χ0v) is 12.1. The highest BCUT2D eigenvalue weighted by molar-refractivity contribution is 5.94. The maximum absolute atomic E-state index is 12.0. The fourth-order valence-electron chi connectivity index (χ4n) is 1.58. The van der Waals surface area contributed by atoms with Crippen molar-refractivity contribution >= 4 is 17.6 Å². The first-order valence-corrected chi connectivity index (χ1v) is 6.35. The molecule has 3 N–H and O–H groups in total. The summed E-state index contributed by atoms with van der Waals surface area (Å²) < 4.78 is 4.57. The van der Waals surface area contributed by atoms with Crippen LogP contribution in [-0.2, 0) is 20.9 Å². The summed E-state index contributed by atoms with van der Waals surface area (Å²) in [6.45, 7) is 2.26. The Hall–Kier alpha value is -1.92. The summed E-state index contributed by atoms with van der Waals surface area (Å²) in [5, 5.41) is 2.79. The molecule has 1 amide bonds. The number of esters is 1. The van der Waals surface area contributed by atoms with E-state index in [1.807, 2.05) is 12.1 Å². The Kier molecular flexibility index (Phi) is 6.14. The summed E-state index contributed by atoms with van der Waals surface area (Å²) in [4.78, 5) is 24.8.